The number of ether oxygens (including phenoxy) is 1. The number of amides is 1. The lowest BCUT2D eigenvalue weighted by Gasteiger charge is -2.33. The number of aryl methyl sites for hydroxylation is 1. The molecule has 0 saturated carbocycles. The molecule has 0 spiro atoms. The highest BCUT2D eigenvalue weighted by Gasteiger charge is 2.32. The quantitative estimate of drug-likeness (QED) is 0.271. The predicted molar refractivity (Wildman–Crippen MR) is 157 cm³/mol. The van der Waals surface area contributed by atoms with E-state index in [-0.39, 0.29) is 69.9 Å². The molecule has 0 bridgehead atoms. The lowest BCUT2D eigenvalue weighted by atomic mass is 9.95. The average Bonchev–Trinajstić information content (AvgIpc) is 3.38. The smallest absolute Gasteiger partial charge is 0.268 e. The number of anilines is 1. The molecule has 1 saturated heterocycles. The summed E-state index contributed by atoms with van der Waals surface area (Å²) in [6.07, 6.45) is 1.93. The summed E-state index contributed by atoms with van der Waals surface area (Å²) in [5.41, 5.74) is -0.811. The molecule has 2 aromatic carbocycles. The Kier molecular flexibility index (Phi) is 7.84. The van der Waals surface area contributed by atoms with E-state index in [9.17, 15) is 31.2 Å². The van der Waals surface area contributed by atoms with Gasteiger partial charge in [0.05, 0.1) is 10.6 Å². The second-order valence-electron chi connectivity index (χ2n) is 10.4. The second-order valence-corrected chi connectivity index (χ2v) is 13.5. The standard InChI is InChI=1S/C29H28F3N3O5S2/c1-4-42(38,39)33-18-6-8-23(40-24-7-5-17(30)13-22(24)31)19(14-18)21-16-34(3)28(37)26-20(21)15-25(41-26)27(36)35-11-9-29(2,32)10-12-35/h5-8,13-16,33H,4,9-12H2,1-3H3. The summed E-state index contributed by atoms with van der Waals surface area (Å²) in [4.78, 5) is 28.4. The Labute approximate surface area is 244 Å². The molecule has 2 aromatic heterocycles. The Bertz CT molecular complexity index is 1860. The predicted octanol–water partition coefficient (Wildman–Crippen LogP) is 6.06. The number of halogens is 3. The van der Waals surface area contributed by atoms with Crippen LogP contribution >= 0.6 is 11.3 Å². The fourth-order valence-electron chi connectivity index (χ4n) is 4.70. The number of hydrogen-bond acceptors (Lipinski definition) is 6. The van der Waals surface area contributed by atoms with Crippen LogP contribution in [0.1, 0.15) is 36.4 Å². The summed E-state index contributed by atoms with van der Waals surface area (Å²) in [5, 5.41) is 0.402. The highest BCUT2D eigenvalue weighted by molar-refractivity contribution is 7.92. The molecule has 1 amide bonds. The van der Waals surface area contributed by atoms with Crippen LogP contribution in [-0.2, 0) is 17.1 Å². The van der Waals surface area contributed by atoms with Crippen LogP contribution in [0.2, 0.25) is 0 Å². The monoisotopic (exact) mass is 619 g/mol. The first-order valence-corrected chi connectivity index (χ1v) is 15.6. The van der Waals surface area contributed by atoms with Crippen LogP contribution in [0.25, 0.3) is 21.2 Å². The van der Waals surface area contributed by atoms with Gasteiger partial charge in [-0.05, 0) is 63.1 Å². The molecular formula is C29H28F3N3O5S2. The maximum atomic E-state index is 14.5. The number of carbonyl (C=O) groups is 1. The third kappa shape index (κ3) is 6.02. The van der Waals surface area contributed by atoms with Crippen LogP contribution in [0, 0.1) is 11.6 Å². The molecule has 13 heteroatoms. The molecule has 0 unspecified atom stereocenters. The van der Waals surface area contributed by atoms with E-state index in [0.29, 0.717) is 22.6 Å². The van der Waals surface area contributed by atoms with Gasteiger partial charge in [0.15, 0.2) is 11.6 Å². The van der Waals surface area contributed by atoms with Gasteiger partial charge in [-0.1, -0.05) is 0 Å². The molecule has 5 rings (SSSR count). The first-order valence-electron chi connectivity index (χ1n) is 13.2. The molecule has 1 aliphatic rings. The first-order chi connectivity index (χ1) is 19.8. The number of hydrogen-bond donors (Lipinski definition) is 1. The minimum atomic E-state index is -3.66. The Morgan fingerprint density at radius 2 is 1.76 bits per heavy atom. The fraction of sp³-hybridized carbons (Fsp3) is 0.310. The Balaban J connectivity index is 1.65. The van der Waals surface area contributed by atoms with Crippen molar-refractivity contribution >= 4 is 43.0 Å². The van der Waals surface area contributed by atoms with Gasteiger partial charge in [-0.25, -0.2) is 21.6 Å². The summed E-state index contributed by atoms with van der Waals surface area (Å²) in [6, 6.07) is 8.76. The number of carbonyl (C=O) groups excluding carboxylic acids is 1. The number of alkyl halides is 1. The van der Waals surface area contributed by atoms with Crippen molar-refractivity contribution in [3.8, 4) is 22.6 Å². The number of benzene rings is 2. The van der Waals surface area contributed by atoms with Gasteiger partial charge in [-0.3, -0.25) is 14.3 Å². The zero-order valence-corrected chi connectivity index (χ0v) is 24.7. The van der Waals surface area contributed by atoms with E-state index in [2.05, 4.69) is 4.72 Å². The number of aromatic nitrogens is 1. The van der Waals surface area contributed by atoms with Crippen molar-refractivity contribution in [2.24, 2.45) is 7.05 Å². The molecule has 42 heavy (non-hydrogen) atoms. The number of sulfonamides is 1. The molecule has 3 heterocycles. The van der Waals surface area contributed by atoms with Gasteiger partial charge in [0, 0.05) is 54.6 Å². The second kappa shape index (κ2) is 11.1. The van der Waals surface area contributed by atoms with Gasteiger partial charge in [-0.2, -0.15) is 0 Å². The Morgan fingerprint density at radius 3 is 2.43 bits per heavy atom. The minimum Gasteiger partial charge on any atom is -0.454 e. The molecule has 4 aromatic rings. The van der Waals surface area contributed by atoms with Crippen LogP contribution < -0.4 is 15.0 Å². The molecule has 1 aliphatic heterocycles. The lowest BCUT2D eigenvalue weighted by Crippen LogP contribution is -2.43. The Hall–Kier alpha value is -3.84. The molecule has 0 radical (unpaired) electrons. The van der Waals surface area contributed by atoms with E-state index in [1.807, 2.05) is 0 Å². The summed E-state index contributed by atoms with van der Waals surface area (Å²) in [5.74, 6) is -2.42. The van der Waals surface area contributed by atoms with Gasteiger partial charge < -0.3 is 14.2 Å². The summed E-state index contributed by atoms with van der Waals surface area (Å²) < 4.78 is 76.9. The number of piperidine rings is 1. The summed E-state index contributed by atoms with van der Waals surface area (Å²) in [7, 11) is -2.13. The van der Waals surface area contributed by atoms with E-state index in [1.54, 1.807) is 11.0 Å². The number of pyridine rings is 1. The van der Waals surface area contributed by atoms with E-state index in [1.165, 1.54) is 49.9 Å². The number of likely N-dealkylation sites (tertiary alicyclic amines) is 1. The summed E-state index contributed by atoms with van der Waals surface area (Å²) in [6.45, 7) is 3.48. The zero-order valence-electron chi connectivity index (χ0n) is 23.0. The van der Waals surface area contributed by atoms with Crippen molar-refractivity contribution in [1.82, 2.24) is 9.47 Å². The first kappa shape index (κ1) is 29.6. The molecule has 0 atom stereocenters. The normalized spacial score (nSPS) is 15.1. The van der Waals surface area contributed by atoms with Crippen molar-refractivity contribution in [3.63, 3.8) is 0 Å². The number of thiophene rings is 1. The third-order valence-electron chi connectivity index (χ3n) is 7.20. The molecule has 8 nitrogen and oxygen atoms in total. The molecule has 1 fully saturated rings. The maximum absolute atomic E-state index is 14.5. The number of nitrogens with zero attached hydrogens (tertiary/aromatic N) is 2. The van der Waals surface area contributed by atoms with Gasteiger partial charge in [-0.15, -0.1) is 11.3 Å². The zero-order chi connectivity index (χ0) is 30.4. The lowest BCUT2D eigenvalue weighted by molar-refractivity contribution is 0.0508. The SMILES string of the molecule is CCS(=O)(=O)Nc1ccc(Oc2ccc(F)cc2F)c(-c2cn(C)c(=O)c3sc(C(=O)N4CCC(C)(F)CC4)cc23)c1. The summed E-state index contributed by atoms with van der Waals surface area (Å²) >= 11 is 1.01. The van der Waals surface area contributed by atoms with Gasteiger partial charge in [0.2, 0.25) is 10.0 Å². The molecular weight excluding hydrogens is 591 g/mol. The van der Waals surface area contributed by atoms with Crippen LogP contribution in [0.3, 0.4) is 0 Å². The van der Waals surface area contributed by atoms with Crippen LogP contribution in [0.4, 0.5) is 18.9 Å². The third-order valence-corrected chi connectivity index (χ3v) is 9.62. The van der Waals surface area contributed by atoms with E-state index in [0.717, 1.165) is 23.5 Å². The average molecular weight is 620 g/mol. The van der Waals surface area contributed by atoms with Gasteiger partial charge in [0.1, 0.15) is 21.9 Å². The van der Waals surface area contributed by atoms with Crippen molar-refractivity contribution in [2.45, 2.75) is 32.4 Å². The highest BCUT2D eigenvalue weighted by Crippen LogP contribution is 2.41. The van der Waals surface area contributed by atoms with Crippen molar-refractivity contribution in [3.05, 3.63) is 75.5 Å². The van der Waals surface area contributed by atoms with Crippen molar-refractivity contribution < 1.29 is 31.1 Å². The van der Waals surface area contributed by atoms with Crippen LogP contribution in [-0.4, -0.2) is 48.3 Å². The van der Waals surface area contributed by atoms with Gasteiger partial charge >= 0.3 is 0 Å². The Morgan fingerprint density at radius 1 is 1.07 bits per heavy atom. The number of fused-ring (bicyclic) bond motifs is 1. The maximum Gasteiger partial charge on any atom is 0.268 e. The topological polar surface area (TPSA) is 97.7 Å². The highest BCUT2D eigenvalue weighted by atomic mass is 32.2. The fourth-order valence-corrected chi connectivity index (χ4v) is 6.46. The van der Waals surface area contributed by atoms with Gasteiger partial charge in [0.25, 0.3) is 11.5 Å². The van der Waals surface area contributed by atoms with Crippen molar-refractivity contribution in [2.75, 3.05) is 23.6 Å². The van der Waals surface area contributed by atoms with E-state index < -0.39 is 27.3 Å². The minimum absolute atomic E-state index is 0.0947. The van der Waals surface area contributed by atoms with Crippen LogP contribution in [0.5, 0.6) is 11.5 Å². The number of nitrogens with one attached hydrogen (secondary N) is 1. The number of rotatable bonds is 7. The molecule has 222 valence electrons. The van der Waals surface area contributed by atoms with Crippen molar-refractivity contribution in [1.29, 1.82) is 0 Å². The molecule has 0 aliphatic carbocycles. The van der Waals surface area contributed by atoms with Crippen LogP contribution in [0.15, 0.2) is 53.5 Å². The molecule has 1 N–H and O–H groups in total. The van der Waals surface area contributed by atoms with E-state index in [4.69, 9.17) is 4.74 Å². The largest absolute Gasteiger partial charge is 0.454 e. The van der Waals surface area contributed by atoms with E-state index >= 15 is 0 Å².